The van der Waals surface area contributed by atoms with E-state index >= 15 is 0 Å². The molecule has 0 aliphatic carbocycles. The Morgan fingerprint density at radius 2 is 1.62 bits per heavy atom. The summed E-state index contributed by atoms with van der Waals surface area (Å²) < 4.78 is 0. The van der Waals surface area contributed by atoms with Crippen LogP contribution in [0.5, 0.6) is 0 Å². The zero-order valence-electron chi connectivity index (χ0n) is 9.21. The molecule has 1 unspecified atom stereocenters. The van der Waals surface area contributed by atoms with Gasteiger partial charge in [0.05, 0.1) is 11.7 Å². The molecular formula is C11H24O2. The Bertz CT molecular complexity index is 119. The molecule has 0 spiro atoms. The molecule has 0 radical (unpaired) electrons. The van der Waals surface area contributed by atoms with E-state index in [1.807, 2.05) is 13.8 Å². The maximum Gasteiger partial charge on any atom is 0.0900 e. The fourth-order valence-corrected chi connectivity index (χ4v) is 1.58. The molecule has 1 atom stereocenters. The molecule has 0 rings (SSSR count). The lowest BCUT2D eigenvalue weighted by atomic mass is 9.88. The molecule has 13 heavy (non-hydrogen) atoms. The Kier molecular flexibility index (Phi) is 6.35. The van der Waals surface area contributed by atoms with Gasteiger partial charge in [-0.15, -0.1) is 0 Å². The molecule has 0 bridgehead atoms. The quantitative estimate of drug-likeness (QED) is 0.603. The summed E-state index contributed by atoms with van der Waals surface area (Å²) in [6.07, 6.45) is 4.76. The highest BCUT2D eigenvalue weighted by atomic mass is 16.3. The van der Waals surface area contributed by atoms with E-state index in [0.29, 0.717) is 12.8 Å². The van der Waals surface area contributed by atoms with Crippen molar-refractivity contribution in [2.24, 2.45) is 0 Å². The summed E-state index contributed by atoms with van der Waals surface area (Å²) in [6.45, 7) is 5.98. The molecule has 0 aromatic heterocycles. The predicted molar refractivity (Wildman–Crippen MR) is 55.7 cm³/mol. The summed E-state index contributed by atoms with van der Waals surface area (Å²) in [5.41, 5.74) is -0.853. The summed E-state index contributed by atoms with van der Waals surface area (Å²) >= 11 is 0. The first-order chi connectivity index (χ1) is 6.10. The highest BCUT2D eigenvalue weighted by Crippen LogP contribution is 2.23. The fourth-order valence-electron chi connectivity index (χ4n) is 1.58. The smallest absolute Gasteiger partial charge is 0.0900 e. The second-order valence-electron chi connectivity index (χ2n) is 3.82. The summed E-state index contributed by atoms with van der Waals surface area (Å²) in [5.74, 6) is 0. The third-order valence-corrected chi connectivity index (χ3v) is 2.93. The Balaban J connectivity index is 3.84. The summed E-state index contributed by atoms with van der Waals surface area (Å²) in [7, 11) is 0. The van der Waals surface area contributed by atoms with Gasteiger partial charge in [0.25, 0.3) is 0 Å². The third-order valence-electron chi connectivity index (χ3n) is 2.93. The highest BCUT2D eigenvalue weighted by molar-refractivity contribution is 4.83. The lowest BCUT2D eigenvalue weighted by molar-refractivity contribution is -0.0834. The Morgan fingerprint density at radius 1 is 1.08 bits per heavy atom. The molecule has 0 fully saturated rings. The van der Waals surface area contributed by atoms with Crippen LogP contribution >= 0.6 is 0 Å². The van der Waals surface area contributed by atoms with Crippen molar-refractivity contribution in [1.29, 1.82) is 0 Å². The van der Waals surface area contributed by atoms with Gasteiger partial charge >= 0.3 is 0 Å². The molecular weight excluding hydrogens is 164 g/mol. The second-order valence-corrected chi connectivity index (χ2v) is 3.82. The van der Waals surface area contributed by atoms with E-state index in [1.54, 1.807) is 0 Å². The zero-order chi connectivity index (χ0) is 10.3. The van der Waals surface area contributed by atoms with Gasteiger partial charge in [0.1, 0.15) is 0 Å². The Labute approximate surface area is 82.0 Å². The van der Waals surface area contributed by atoms with Gasteiger partial charge in [0.2, 0.25) is 0 Å². The van der Waals surface area contributed by atoms with Crippen LogP contribution in [0.1, 0.15) is 59.3 Å². The molecule has 0 aromatic rings. The van der Waals surface area contributed by atoms with E-state index in [-0.39, 0.29) is 0 Å². The SMILES string of the molecule is CCCCCC(O)C(O)(CC)CC. The molecule has 0 aliphatic heterocycles. The summed E-state index contributed by atoms with van der Waals surface area (Å²) in [4.78, 5) is 0. The maximum atomic E-state index is 9.95. The lowest BCUT2D eigenvalue weighted by Crippen LogP contribution is -2.41. The first-order valence-corrected chi connectivity index (χ1v) is 5.51. The molecule has 0 saturated heterocycles. The van der Waals surface area contributed by atoms with Crippen LogP contribution in [0.4, 0.5) is 0 Å². The van der Waals surface area contributed by atoms with E-state index in [2.05, 4.69) is 6.92 Å². The van der Waals surface area contributed by atoms with Crippen molar-refractivity contribution in [3.63, 3.8) is 0 Å². The van der Waals surface area contributed by atoms with Gasteiger partial charge in [-0.3, -0.25) is 0 Å². The second kappa shape index (κ2) is 6.39. The maximum absolute atomic E-state index is 9.95. The number of aliphatic hydroxyl groups excluding tert-OH is 1. The molecule has 0 saturated carbocycles. The van der Waals surface area contributed by atoms with Crippen molar-refractivity contribution in [2.75, 3.05) is 0 Å². The number of aliphatic hydroxyl groups is 2. The van der Waals surface area contributed by atoms with Crippen LogP contribution < -0.4 is 0 Å². The number of hydrogen-bond acceptors (Lipinski definition) is 2. The van der Waals surface area contributed by atoms with E-state index in [4.69, 9.17) is 0 Å². The van der Waals surface area contributed by atoms with Gasteiger partial charge in [-0.05, 0) is 19.3 Å². The molecule has 0 aliphatic rings. The van der Waals surface area contributed by atoms with Crippen molar-refractivity contribution in [2.45, 2.75) is 71.0 Å². The molecule has 0 heterocycles. The minimum absolute atomic E-state index is 0.547. The first-order valence-electron chi connectivity index (χ1n) is 5.51. The molecule has 2 N–H and O–H groups in total. The van der Waals surface area contributed by atoms with Crippen molar-refractivity contribution in [3.8, 4) is 0 Å². The van der Waals surface area contributed by atoms with Crippen LogP contribution in [-0.2, 0) is 0 Å². The van der Waals surface area contributed by atoms with Crippen LogP contribution in [0.2, 0.25) is 0 Å². The van der Waals surface area contributed by atoms with Crippen molar-refractivity contribution in [1.82, 2.24) is 0 Å². The lowest BCUT2D eigenvalue weighted by Gasteiger charge is -2.30. The summed E-state index contributed by atoms with van der Waals surface area (Å²) in [5, 5.41) is 19.7. The zero-order valence-corrected chi connectivity index (χ0v) is 9.21. The number of unbranched alkanes of at least 4 members (excludes halogenated alkanes) is 2. The molecule has 0 amide bonds. The fraction of sp³-hybridized carbons (Fsp3) is 1.00. The minimum atomic E-state index is -0.853. The highest BCUT2D eigenvalue weighted by Gasteiger charge is 2.30. The van der Waals surface area contributed by atoms with Crippen molar-refractivity contribution < 1.29 is 10.2 Å². The van der Waals surface area contributed by atoms with Gasteiger partial charge in [-0.2, -0.15) is 0 Å². The number of rotatable bonds is 7. The normalized spacial score (nSPS) is 14.5. The van der Waals surface area contributed by atoms with E-state index in [9.17, 15) is 10.2 Å². The van der Waals surface area contributed by atoms with E-state index in [1.165, 1.54) is 0 Å². The minimum Gasteiger partial charge on any atom is -0.390 e. The Hall–Kier alpha value is -0.0800. The predicted octanol–water partition coefficient (Wildman–Crippen LogP) is 2.48. The first kappa shape index (κ1) is 12.9. The van der Waals surface area contributed by atoms with Crippen molar-refractivity contribution >= 4 is 0 Å². The van der Waals surface area contributed by atoms with Crippen LogP contribution in [0, 0.1) is 0 Å². The van der Waals surface area contributed by atoms with Gasteiger partial charge in [-0.25, -0.2) is 0 Å². The standard InChI is InChI=1S/C11H24O2/c1-4-7-8-9-10(12)11(13,5-2)6-3/h10,12-13H,4-9H2,1-3H3. The number of hydrogen-bond donors (Lipinski definition) is 2. The molecule has 80 valence electrons. The average molecular weight is 188 g/mol. The Morgan fingerprint density at radius 3 is 2.00 bits per heavy atom. The topological polar surface area (TPSA) is 40.5 Å². The van der Waals surface area contributed by atoms with Crippen molar-refractivity contribution in [3.05, 3.63) is 0 Å². The monoisotopic (exact) mass is 188 g/mol. The van der Waals surface area contributed by atoms with Gasteiger partial charge < -0.3 is 10.2 Å². The van der Waals surface area contributed by atoms with Gasteiger partial charge in [0.15, 0.2) is 0 Å². The summed E-state index contributed by atoms with van der Waals surface area (Å²) in [6, 6.07) is 0. The van der Waals surface area contributed by atoms with E-state index in [0.717, 1.165) is 25.7 Å². The van der Waals surface area contributed by atoms with Crippen LogP contribution in [-0.4, -0.2) is 21.9 Å². The van der Waals surface area contributed by atoms with E-state index < -0.39 is 11.7 Å². The van der Waals surface area contributed by atoms with Gasteiger partial charge in [-0.1, -0.05) is 40.0 Å². The van der Waals surface area contributed by atoms with Crippen LogP contribution in [0.15, 0.2) is 0 Å². The van der Waals surface area contributed by atoms with Gasteiger partial charge in [0, 0.05) is 0 Å². The average Bonchev–Trinajstić information content (AvgIpc) is 2.17. The van der Waals surface area contributed by atoms with Crippen LogP contribution in [0.3, 0.4) is 0 Å². The third kappa shape index (κ3) is 4.10. The van der Waals surface area contributed by atoms with Crippen LogP contribution in [0.25, 0.3) is 0 Å². The molecule has 0 aromatic carbocycles. The molecule has 2 nitrogen and oxygen atoms in total. The molecule has 2 heteroatoms. The largest absolute Gasteiger partial charge is 0.390 e.